The smallest absolute Gasteiger partial charge is 0.138 e. The average molecular weight is 486 g/mol. The Hall–Kier alpha value is -5.15. The second-order valence-electron chi connectivity index (χ2n) is 9.74. The number of aromatic nitrogens is 2. The molecule has 3 heteroatoms. The van der Waals surface area contributed by atoms with Gasteiger partial charge in [0.25, 0.3) is 0 Å². The Morgan fingerprint density at radius 1 is 0.474 bits per heavy atom. The van der Waals surface area contributed by atoms with Crippen molar-refractivity contribution in [3.8, 4) is 11.4 Å². The van der Waals surface area contributed by atoms with Gasteiger partial charge >= 0.3 is 0 Å². The summed E-state index contributed by atoms with van der Waals surface area (Å²) in [5.41, 5.74) is 6.53. The molecule has 0 bridgehead atoms. The molecule has 0 saturated carbocycles. The second-order valence-corrected chi connectivity index (χ2v) is 9.74. The van der Waals surface area contributed by atoms with Crippen molar-refractivity contribution in [2.45, 2.75) is 0 Å². The minimum atomic E-state index is 0.884. The standard InChI is InChI=1S/C35H23N3/c1-3-11-26(12-4-1)38(27-13-5-2-6-14-27)28-21-19-25(20-22-28)35-36-33-29-15-7-9-23-17-18-24-10-8-16-30(34(33)37-35)32(24)31(23)29/h1-22H,(H,36,37). The van der Waals surface area contributed by atoms with Gasteiger partial charge in [0, 0.05) is 33.4 Å². The Balaban J connectivity index is 1.29. The fourth-order valence-electron chi connectivity index (χ4n) is 5.83. The normalized spacial score (nSPS) is 11.7. The van der Waals surface area contributed by atoms with Crippen molar-refractivity contribution in [2.24, 2.45) is 0 Å². The molecule has 1 heterocycles. The molecule has 3 nitrogen and oxygen atoms in total. The van der Waals surface area contributed by atoms with Crippen molar-refractivity contribution in [2.75, 3.05) is 4.90 Å². The van der Waals surface area contributed by atoms with Gasteiger partial charge in [-0.1, -0.05) is 84.9 Å². The molecule has 0 unspecified atom stereocenters. The average Bonchev–Trinajstić information content (AvgIpc) is 3.44. The number of benzene rings is 7. The fraction of sp³-hybridized carbons (Fsp3) is 0. The fourth-order valence-corrected chi connectivity index (χ4v) is 5.83. The lowest BCUT2D eigenvalue weighted by molar-refractivity contribution is 1.28. The Kier molecular flexibility index (Phi) is 4.52. The minimum absolute atomic E-state index is 0.884. The zero-order valence-electron chi connectivity index (χ0n) is 20.6. The molecule has 7 aromatic carbocycles. The molecule has 0 aliphatic rings. The Morgan fingerprint density at radius 3 is 1.66 bits per heavy atom. The first kappa shape index (κ1) is 21.0. The summed E-state index contributed by atoms with van der Waals surface area (Å²) in [5, 5.41) is 7.53. The summed E-state index contributed by atoms with van der Waals surface area (Å²) in [6, 6.07) is 47.1. The highest BCUT2D eigenvalue weighted by Crippen LogP contribution is 2.41. The third-order valence-electron chi connectivity index (χ3n) is 7.54. The molecule has 0 atom stereocenters. The van der Waals surface area contributed by atoms with Gasteiger partial charge in [-0.05, 0) is 70.1 Å². The summed E-state index contributed by atoms with van der Waals surface area (Å²) in [5.74, 6) is 0.884. The summed E-state index contributed by atoms with van der Waals surface area (Å²) in [6.45, 7) is 0. The second kappa shape index (κ2) is 8.19. The number of anilines is 3. The predicted molar refractivity (Wildman–Crippen MR) is 160 cm³/mol. The lowest BCUT2D eigenvalue weighted by Crippen LogP contribution is -2.09. The molecule has 8 rings (SSSR count). The lowest BCUT2D eigenvalue weighted by atomic mass is 9.93. The maximum atomic E-state index is 5.15. The topological polar surface area (TPSA) is 31.9 Å². The molecule has 0 saturated heterocycles. The van der Waals surface area contributed by atoms with Crippen LogP contribution in [-0.2, 0) is 0 Å². The molecule has 8 aromatic rings. The van der Waals surface area contributed by atoms with E-state index in [0.717, 1.165) is 39.5 Å². The van der Waals surface area contributed by atoms with E-state index in [9.17, 15) is 0 Å². The number of hydrogen-bond donors (Lipinski definition) is 1. The maximum absolute atomic E-state index is 5.15. The summed E-state index contributed by atoms with van der Waals surface area (Å²) < 4.78 is 0. The van der Waals surface area contributed by atoms with Crippen LogP contribution >= 0.6 is 0 Å². The first-order valence-electron chi connectivity index (χ1n) is 12.9. The number of fused-ring (bicyclic) bond motifs is 3. The number of rotatable bonds is 4. The highest BCUT2D eigenvalue weighted by atomic mass is 15.1. The van der Waals surface area contributed by atoms with Crippen molar-refractivity contribution < 1.29 is 0 Å². The lowest BCUT2D eigenvalue weighted by Gasteiger charge is -2.25. The molecule has 0 radical (unpaired) electrons. The van der Waals surface area contributed by atoms with Crippen LogP contribution in [0.3, 0.4) is 0 Å². The summed E-state index contributed by atoms with van der Waals surface area (Å²) in [6.07, 6.45) is 0. The van der Waals surface area contributed by atoms with Crippen LogP contribution in [0.5, 0.6) is 0 Å². The molecule has 38 heavy (non-hydrogen) atoms. The van der Waals surface area contributed by atoms with Gasteiger partial charge in [-0.3, -0.25) is 0 Å². The van der Waals surface area contributed by atoms with Crippen molar-refractivity contribution >= 4 is 60.4 Å². The van der Waals surface area contributed by atoms with Gasteiger partial charge < -0.3 is 9.88 Å². The van der Waals surface area contributed by atoms with E-state index in [1.54, 1.807) is 0 Å². The minimum Gasteiger partial charge on any atom is -0.337 e. The molecular weight excluding hydrogens is 462 g/mol. The molecule has 1 N–H and O–H groups in total. The molecule has 178 valence electrons. The van der Waals surface area contributed by atoms with E-state index in [-0.39, 0.29) is 0 Å². The highest BCUT2D eigenvalue weighted by Gasteiger charge is 2.17. The van der Waals surface area contributed by atoms with E-state index in [1.807, 2.05) is 12.1 Å². The van der Waals surface area contributed by atoms with Crippen molar-refractivity contribution in [3.63, 3.8) is 0 Å². The van der Waals surface area contributed by atoms with E-state index >= 15 is 0 Å². The number of nitrogens with zero attached hydrogens (tertiary/aromatic N) is 2. The van der Waals surface area contributed by atoms with Crippen LogP contribution < -0.4 is 4.90 Å². The molecule has 0 spiro atoms. The van der Waals surface area contributed by atoms with Crippen molar-refractivity contribution in [3.05, 3.63) is 133 Å². The van der Waals surface area contributed by atoms with Crippen LogP contribution in [-0.4, -0.2) is 9.97 Å². The summed E-state index contributed by atoms with van der Waals surface area (Å²) in [4.78, 5) is 11.1. The molecule has 1 aromatic heterocycles. The molecule has 0 amide bonds. The van der Waals surface area contributed by atoms with Crippen LogP contribution in [0.1, 0.15) is 0 Å². The van der Waals surface area contributed by atoms with E-state index in [0.29, 0.717) is 0 Å². The number of nitrogens with one attached hydrogen (secondary N) is 1. The summed E-state index contributed by atoms with van der Waals surface area (Å²) in [7, 11) is 0. The Morgan fingerprint density at radius 2 is 1.03 bits per heavy atom. The number of H-pyrrole nitrogens is 1. The van der Waals surface area contributed by atoms with Crippen LogP contribution in [0.4, 0.5) is 17.1 Å². The maximum Gasteiger partial charge on any atom is 0.138 e. The first-order chi connectivity index (χ1) is 18.8. The monoisotopic (exact) mass is 485 g/mol. The van der Waals surface area contributed by atoms with Crippen LogP contribution in [0.25, 0.3) is 54.7 Å². The van der Waals surface area contributed by atoms with Crippen LogP contribution in [0.2, 0.25) is 0 Å². The number of para-hydroxylation sites is 2. The molecule has 0 fully saturated rings. The summed E-state index contributed by atoms with van der Waals surface area (Å²) >= 11 is 0. The molecule has 0 aliphatic heterocycles. The number of imidazole rings is 1. The molecule has 0 aliphatic carbocycles. The van der Waals surface area contributed by atoms with Gasteiger partial charge in [0.15, 0.2) is 0 Å². The quantitative estimate of drug-likeness (QED) is 0.252. The molecular formula is C35H23N3. The highest BCUT2D eigenvalue weighted by molar-refractivity contribution is 6.32. The van der Waals surface area contributed by atoms with Crippen molar-refractivity contribution in [1.29, 1.82) is 0 Å². The van der Waals surface area contributed by atoms with E-state index in [2.05, 4.69) is 131 Å². The zero-order valence-corrected chi connectivity index (χ0v) is 20.6. The number of aromatic amines is 1. The van der Waals surface area contributed by atoms with Crippen molar-refractivity contribution in [1.82, 2.24) is 9.97 Å². The Bertz CT molecular complexity index is 1930. The van der Waals surface area contributed by atoms with Gasteiger partial charge in [0.1, 0.15) is 5.82 Å². The van der Waals surface area contributed by atoms with Gasteiger partial charge in [0.05, 0.1) is 11.0 Å². The first-order valence-corrected chi connectivity index (χ1v) is 12.9. The SMILES string of the molecule is c1ccc(N(c2ccccc2)c2ccc(-c3nc4c5cccc6ccc7cccc(c4[nH]3)c7c65)cc2)cc1. The number of hydrogen-bond acceptors (Lipinski definition) is 2. The largest absolute Gasteiger partial charge is 0.337 e. The van der Waals surface area contributed by atoms with E-state index in [1.165, 1.54) is 32.3 Å². The van der Waals surface area contributed by atoms with E-state index < -0.39 is 0 Å². The zero-order chi connectivity index (χ0) is 25.1. The predicted octanol–water partition coefficient (Wildman–Crippen LogP) is 9.60. The third kappa shape index (κ3) is 3.12. The van der Waals surface area contributed by atoms with Crippen LogP contribution in [0.15, 0.2) is 133 Å². The third-order valence-corrected chi connectivity index (χ3v) is 7.54. The Labute approximate surface area is 219 Å². The van der Waals surface area contributed by atoms with Gasteiger partial charge in [-0.15, -0.1) is 0 Å². The van der Waals surface area contributed by atoms with Gasteiger partial charge in [0.2, 0.25) is 0 Å². The van der Waals surface area contributed by atoms with Gasteiger partial charge in [-0.2, -0.15) is 0 Å². The van der Waals surface area contributed by atoms with Gasteiger partial charge in [-0.25, -0.2) is 4.98 Å². The van der Waals surface area contributed by atoms with Crippen LogP contribution in [0, 0.1) is 0 Å². The van der Waals surface area contributed by atoms with E-state index in [4.69, 9.17) is 4.98 Å².